The average molecular weight is 270 g/mol. The maximum absolute atomic E-state index is 12.5. The molecule has 2 bridgehead atoms. The standard InChI is InChI=1S/C15H17F3O/c16-15(17,18)13-7-5-12(6-8-13)14(19)9-10-1-3-11(14)4-2-10/h5-8,10-11,19H,1-4,9H2. The first-order valence-electron chi connectivity index (χ1n) is 6.80. The fourth-order valence-electron chi connectivity index (χ4n) is 3.75. The highest BCUT2D eigenvalue weighted by Gasteiger charge is 2.47. The van der Waals surface area contributed by atoms with Gasteiger partial charge in [0.15, 0.2) is 0 Å². The van der Waals surface area contributed by atoms with Crippen LogP contribution < -0.4 is 0 Å². The number of fused-ring (bicyclic) bond motifs is 3. The predicted molar refractivity (Wildman–Crippen MR) is 65.4 cm³/mol. The van der Waals surface area contributed by atoms with E-state index in [1.807, 2.05) is 0 Å². The van der Waals surface area contributed by atoms with Gasteiger partial charge >= 0.3 is 6.18 Å². The van der Waals surface area contributed by atoms with Crippen LogP contribution in [0.1, 0.15) is 43.2 Å². The van der Waals surface area contributed by atoms with E-state index < -0.39 is 17.3 Å². The molecule has 0 heterocycles. The summed E-state index contributed by atoms with van der Waals surface area (Å²) in [5, 5.41) is 10.8. The lowest BCUT2D eigenvalue weighted by Crippen LogP contribution is -2.45. The van der Waals surface area contributed by atoms with Crippen molar-refractivity contribution in [2.45, 2.75) is 43.9 Å². The minimum Gasteiger partial charge on any atom is -0.385 e. The molecule has 4 rings (SSSR count). The summed E-state index contributed by atoms with van der Waals surface area (Å²) in [6.45, 7) is 0. The topological polar surface area (TPSA) is 20.2 Å². The van der Waals surface area contributed by atoms with E-state index >= 15 is 0 Å². The van der Waals surface area contributed by atoms with Gasteiger partial charge in [-0.1, -0.05) is 12.1 Å². The van der Waals surface area contributed by atoms with Gasteiger partial charge in [0.05, 0.1) is 11.2 Å². The summed E-state index contributed by atoms with van der Waals surface area (Å²) in [5.74, 6) is 0.728. The highest BCUT2D eigenvalue weighted by molar-refractivity contribution is 5.30. The molecule has 1 aromatic rings. The van der Waals surface area contributed by atoms with E-state index in [4.69, 9.17) is 0 Å². The Morgan fingerprint density at radius 1 is 1.00 bits per heavy atom. The number of aliphatic hydroxyl groups is 1. The summed E-state index contributed by atoms with van der Waals surface area (Å²) in [6.07, 6.45) is 0.654. The Hall–Kier alpha value is -1.03. The van der Waals surface area contributed by atoms with Crippen LogP contribution in [0.5, 0.6) is 0 Å². The maximum Gasteiger partial charge on any atom is 0.416 e. The van der Waals surface area contributed by atoms with Crippen molar-refractivity contribution in [2.24, 2.45) is 11.8 Å². The maximum atomic E-state index is 12.5. The van der Waals surface area contributed by atoms with E-state index in [1.165, 1.54) is 12.1 Å². The first kappa shape index (κ1) is 13.0. The number of alkyl halides is 3. The Bertz CT molecular complexity index is 457. The summed E-state index contributed by atoms with van der Waals surface area (Å²) in [4.78, 5) is 0. The van der Waals surface area contributed by atoms with Crippen LogP contribution in [0.25, 0.3) is 0 Å². The number of benzene rings is 1. The van der Waals surface area contributed by atoms with E-state index in [9.17, 15) is 18.3 Å². The molecule has 0 radical (unpaired) electrons. The molecule has 0 saturated heterocycles. The van der Waals surface area contributed by atoms with E-state index in [-0.39, 0.29) is 5.92 Å². The van der Waals surface area contributed by atoms with Gasteiger partial charge in [0, 0.05) is 0 Å². The van der Waals surface area contributed by atoms with Crippen molar-refractivity contribution in [3.63, 3.8) is 0 Å². The Morgan fingerprint density at radius 3 is 2.00 bits per heavy atom. The van der Waals surface area contributed by atoms with Gasteiger partial charge in [0.25, 0.3) is 0 Å². The monoisotopic (exact) mass is 270 g/mol. The minimum absolute atomic E-state index is 0.203. The smallest absolute Gasteiger partial charge is 0.385 e. The van der Waals surface area contributed by atoms with Gasteiger partial charge in [-0.3, -0.25) is 0 Å². The molecule has 104 valence electrons. The zero-order valence-corrected chi connectivity index (χ0v) is 10.6. The zero-order chi connectivity index (χ0) is 13.7. The molecule has 3 aliphatic carbocycles. The van der Waals surface area contributed by atoms with Crippen LogP contribution >= 0.6 is 0 Å². The molecular formula is C15H17F3O. The summed E-state index contributed by atoms with van der Waals surface area (Å²) < 4.78 is 37.6. The van der Waals surface area contributed by atoms with Gasteiger partial charge < -0.3 is 5.11 Å². The highest BCUT2D eigenvalue weighted by Crippen LogP contribution is 2.52. The normalized spacial score (nSPS) is 34.5. The van der Waals surface area contributed by atoms with E-state index in [2.05, 4.69) is 0 Å². The summed E-state index contributed by atoms with van der Waals surface area (Å²) >= 11 is 0. The molecule has 1 atom stereocenters. The number of hydrogen-bond acceptors (Lipinski definition) is 1. The van der Waals surface area contributed by atoms with Gasteiger partial charge in [-0.05, 0) is 61.6 Å². The molecule has 0 spiro atoms. The van der Waals surface area contributed by atoms with Crippen molar-refractivity contribution in [1.82, 2.24) is 0 Å². The Balaban J connectivity index is 1.90. The molecule has 3 saturated carbocycles. The quantitative estimate of drug-likeness (QED) is 0.814. The molecule has 3 fully saturated rings. The van der Waals surface area contributed by atoms with Crippen LogP contribution in [0.4, 0.5) is 13.2 Å². The van der Waals surface area contributed by atoms with Crippen LogP contribution in [-0.2, 0) is 11.8 Å². The lowest BCUT2D eigenvalue weighted by atomic mass is 9.60. The van der Waals surface area contributed by atoms with E-state index in [1.54, 1.807) is 0 Å². The second-order valence-electron chi connectivity index (χ2n) is 5.92. The SMILES string of the molecule is OC1(c2ccc(C(F)(F)F)cc2)CC2CCC1CC2. The fourth-order valence-corrected chi connectivity index (χ4v) is 3.75. The van der Waals surface area contributed by atoms with Crippen molar-refractivity contribution < 1.29 is 18.3 Å². The molecule has 0 aromatic heterocycles. The fraction of sp³-hybridized carbons (Fsp3) is 0.600. The van der Waals surface area contributed by atoms with Crippen molar-refractivity contribution in [2.75, 3.05) is 0 Å². The Labute approximate surface area is 110 Å². The van der Waals surface area contributed by atoms with Gasteiger partial charge in [0.1, 0.15) is 0 Å². The third-order valence-corrected chi connectivity index (χ3v) is 4.83. The predicted octanol–water partition coefficient (Wildman–Crippen LogP) is 4.10. The molecule has 1 nitrogen and oxygen atoms in total. The molecule has 1 unspecified atom stereocenters. The second kappa shape index (κ2) is 4.23. The molecule has 19 heavy (non-hydrogen) atoms. The van der Waals surface area contributed by atoms with Gasteiger partial charge in [0.2, 0.25) is 0 Å². The third-order valence-electron chi connectivity index (χ3n) is 4.83. The second-order valence-corrected chi connectivity index (χ2v) is 5.92. The van der Waals surface area contributed by atoms with E-state index in [0.29, 0.717) is 17.9 Å². The molecule has 0 aliphatic heterocycles. The average Bonchev–Trinajstić information content (AvgIpc) is 2.39. The molecule has 3 aliphatic rings. The summed E-state index contributed by atoms with van der Waals surface area (Å²) in [6, 6.07) is 5.05. The molecule has 1 aromatic carbocycles. The van der Waals surface area contributed by atoms with Crippen LogP contribution in [0.2, 0.25) is 0 Å². The molecular weight excluding hydrogens is 253 g/mol. The van der Waals surface area contributed by atoms with Crippen molar-refractivity contribution in [3.8, 4) is 0 Å². The number of halogens is 3. The summed E-state index contributed by atoms with van der Waals surface area (Å²) in [7, 11) is 0. The molecule has 1 N–H and O–H groups in total. The summed E-state index contributed by atoms with van der Waals surface area (Å²) in [5.41, 5.74) is -0.915. The zero-order valence-electron chi connectivity index (χ0n) is 10.6. The van der Waals surface area contributed by atoms with Crippen LogP contribution in [0.15, 0.2) is 24.3 Å². The van der Waals surface area contributed by atoms with Gasteiger partial charge in [-0.15, -0.1) is 0 Å². The van der Waals surface area contributed by atoms with Crippen molar-refractivity contribution >= 4 is 0 Å². The lowest BCUT2D eigenvalue weighted by Gasteiger charge is -2.49. The largest absolute Gasteiger partial charge is 0.416 e. The van der Waals surface area contributed by atoms with Crippen LogP contribution in [-0.4, -0.2) is 5.11 Å². The van der Waals surface area contributed by atoms with Gasteiger partial charge in [-0.25, -0.2) is 0 Å². The van der Waals surface area contributed by atoms with Crippen molar-refractivity contribution in [3.05, 3.63) is 35.4 Å². The number of hydrogen-bond donors (Lipinski definition) is 1. The van der Waals surface area contributed by atoms with Gasteiger partial charge in [-0.2, -0.15) is 13.2 Å². The van der Waals surface area contributed by atoms with Crippen LogP contribution in [0, 0.1) is 11.8 Å². The Kier molecular flexibility index (Phi) is 2.89. The first-order valence-corrected chi connectivity index (χ1v) is 6.80. The highest BCUT2D eigenvalue weighted by atomic mass is 19.4. The number of rotatable bonds is 1. The molecule has 4 heteroatoms. The lowest BCUT2D eigenvalue weighted by molar-refractivity contribution is -0.137. The minimum atomic E-state index is -4.31. The third kappa shape index (κ3) is 2.16. The van der Waals surface area contributed by atoms with Crippen molar-refractivity contribution in [1.29, 1.82) is 0 Å². The first-order chi connectivity index (χ1) is 8.89. The van der Waals surface area contributed by atoms with Crippen LogP contribution in [0.3, 0.4) is 0 Å². The molecule has 0 amide bonds. The van der Waals surface area contributed by atoms with E-state index in [0.717, 1.165) is 37.8 Å². The Morgan fingerprint density at radius 2 is 1.58 bits per heavy atom.